The van der Waals surface area contributed by atoms with Gasteiger partial charge in [-0.05, 0) is 42.2 Å². The van der Waals surface area contributed by atoms with Crippen molar-refractivity contribution >= 4 is 5.91 Å². The van der Waals surface area contributed by atoms with Crippen molar-refractivity contribution in [3.05, 3.63) is 60.2 Å². The van der Waals surface area contributed by atoms with Crippen LogP contribution in [0.3, 0.4) is 0 Å². The number of ether oxygens (including phenoxy) is 1. The smallest absolute Gasteiger partial charge is 0.220 e. The molecule has 1 fully saturated rings. The lowest BCUT2D eigenvalue weighted by molar-refractivity contribution is -0.122. The Kier molecular flexibility index (Phi) is 5.32. The fourth-order valence-corrected chi connectivity index (χ4v) is 2.86. The minimum atomic E-state index is 0.0732. The highest BCUT2D eigenvalue weighted by atomic mass is 16.5. The third-order valence-corrected chi connectivity index (χ3v) is 4.16. The molecule has 5 heteroatoms. The number of pyridine rings is 2. The number of nitrogens with one attached hydrogen (secondary N) is 1. The van der Waals surface area contributed by atoms with Crippen molar-refractivity contribution in [3.63, 3.8) is 0 Å². The van der Waals surface area contributed by atoms with Gasteiger partial charge in [0.1, 0.15) is 0 Å². The molecule has 0 radical (unpaired) electrons. The molecule has 1 aliphatic rings. The van der Waals surface area contributed by atoms with Gasteiger partial charge in [0.15, 0.2) is 0 Å². The minimum Gasteiger partial charge on any atom is -0.379 e. The second kappa shape index (κ2) is 7.83. The standard InChI is InChI=1S/C18H21N3O2/c22-18(4-3-15-2-1-7-20-11-15)21-17-13-23-12-16(17)10-14-5-8-19-9-6-14/h1-2,5-9,11,16-17H,3-4,10,12-13H2,(H,21,22)/t16-,17-/m1/s1. The van der Waals surface area contributed by atoms with E-state index in [4.69, 9.17) is 4.74 Å². The molecule has 3 rings (SSSR count). The zero-order chi connectivity index (χ0) is 15.9. The molecule has 2 aromatic heterocycles. The van der Waals surface area contributed by atoms with Gasteiger partial charge in [-0.15, -0.1) is 0 Å². The number of hydrogen-bond acceptors (Lipinski definition) is 4. The Balaban J connectivity index is 1.49. The monoisotopic (exact) mass is 311 g/mol. The first-order chi connectivity index (χ1) is 11.3. The van der Waals surface area contributed by atoms with Crippen molar-refractivity contribution in [2.75, 3.05) is 13.2 Å². The molecule has 0 unspecified atom stereocenters. The maximum atomic E-state index is 12.2. The molecule has 0 spiro atoms. The zero-order valence-electron chi connectivity index (χ0n) is 13.0. The van der Waals surface area contributed by atoms with Crippen molar-refractivity contribution in [1.82, 2.24) is 15.3 Å². The quantitative estimate of drug-likeness (QED) is 0.883. The third-order valence-electron chi connectivity index (χ3n) is 4.16. The second-order valence-electron chi connectivity index (χ2n) is 5.89. The van der Waals surface area contributed by atoms with E-state index in [-0.39, 0.29) is 11.9 Å². The molecule has 2 aromatic rings. The topological polar surface area (TPSA) is 64.1 Å². The van der Waals surface area contributed by atoms with E-state index in [1.165, 1.54) is 5.56 Å². The number of amides is 1. The Morgan fingerprint density at radius 3 is 2.78 bits per heavy atom. The highest BCUT2D eigenvalue weighted by Crippen LogP contribution is 2.19. The number of nitrogens with zero attached hydrogens (tertiary/aromatic N) is 2. The Morgan fingerprint density at radius 2 is 2.00 bits per heavy atom. The largest absolute Gasteiger partial charge is 0.379 e. The Morgan fingerprint density at radius 1 is 1.13 bits per heavy atom. The van der Waals surface area contributed by atoms with Gasteiger partial charge in [0.2, 0.25) is 5.91 Å². The summed E-state index contributed by atoms with van der Waals surface area (Å²) in [4.78, 5) is 20.3. The minimum absolute atomic E-state index is 0.0732. The highest BCUT2D eigenvalue weighted by Gasteiger charge is 2.29. The van der Waals surface area contributed by atoms with E-state index in [0.29, 0.717) is 32.0 Å². The van der Waals surface area contributed by atoms with E-state index in [1.807, 2.05) is 24.3 Å². The van der Waals surface area contributed by atoms with E-state index in [0.717, 1.165) is 12.0 Å². The van der Waals surface area contributed by atoms with Crippen LogP contribution < -0.4 is 5.32 Å². The first-order valence-electron chi connectivity index (χ1n) is 7.96. The van der Waals surface area contributed by atoms with Crippen LogP contribution in [0.4, 0.5) is 0 Å². The van der Waals surface area contributed by atoms with Gasteiger partial charge >= 0.3 is 0 Å². The van der Waals surface area contributed by atoms with E-state index < -0.39 is 0 Å². The Hall–Kier alpha value is -2.27. The SMILES string of the molecule is O=C(CCc1cccnc1)N[C@@H]1COC[C@H]1Cc1ccncc1. The summed E-state index contributed by atoms with van der Waals surface area (Å²) in [5.41, 5.74) is 2.31. The molecule has 0 bridgehead atoms. The number of carbonyl (C=O) groups is 1. The second-order valence-corrected chi connectivity index (χ2v) is 5.89. The van der Waals surface area contributed by atoms with Crippen molar-refractivity contribution in [1.29, 1.82) is 0 Å². The van der Waals surface area contributed by atoms with Gasteiger partial charge in [-0.2, -0.15) is 0 Å². The van der Waals surface area contributed by atoms with Crippen LogP contribution in [0.1, 0.15) is 17.5 Å². The first kappa shape index (κ1) is 15.6. The van der Waals surface area contributed by atoms with Crippen molar-refractivity contribution in [2.45, 2.75) is 25.3 Å². The van der Waals surface area contributed by atoms with Crippen LogP contribution in [0, 0.1) is 5.92 Å². The van der Waals surface area contributed by atoms with Crippen LogP contribution in [0.15, 0.2) is 49.1 Å². The van der Waals surface area contributed by atoms with E-state index >= 15 is 0 Å². The van der Waals surface area contributed by atoms with Crippen molar-refractivity contribution in [2.24, 2.45) is 5.92 Å². The summed E-state index contributed by atoms with van der Waals surface area (Å²) in [5, 5.41) is 3.12. The Labute approximate surface area is 136 Å². The van der Waals surface area contributed by atoms with Gasteiger partial charge in [-0.3, -0.25) is 14.8 Å². The van der Waals surface area contributed by atoms with Crippen LogP contribution in [0.5, 0.6) is 0 Å². The molecule has 5 nitrogen and oxygen atoms in total. The van der Waals surface area contributed by atoms with Crippen LogP contribution in [0.25, 0.3) is 0 Å². The van der Waals surface area contributed by atoms with Crippen LogP contribution in [0.2, 0.25) is 0 Å². The molecule has 2 atom stereocenters. The van der Waals surface area contributed by atoms with Gasteiger partial charge < -0.3 is 10.1 Å². The average Bonchev–Trinajstić information content (AvgIpc) is 3.02. The Bertz CT molecular complexity index is 619. The molecule has 3 heterocycles. The molecule has 0 saturated carbocycles. The molecule has 0 aliphatic carbocycles. The molecule has 23 heavy (non-hydrogen) atoms. The summed E-state index contributed by atoms with van der Waals surface area (Å²) in [7, 11) is 0. The summed E-state index contributed by atoms with van der Waals surface area (Å²) in [6, 6.07) is 8.00. The lowest BCUT2D eigenvalue weighted by atomic mass is 9.95. The molecular weight excluding hydrogens is 290 g/mol. The number of aryl methyl sites for hydroxylation is 1. The maximum Gasteiger partial charge on any atom is 0.220 e. The van der Waals surface area contributed by atoms with Crippen molar-refractivity contribution < 1.29 is 9.53 Å². The van der Waals surface area contributed by atoms with Gasteiger partial charge in [0.25, 0.3) is 0 Å². The van der Waals surface area contributed by atoms with Gasteiger partial charge in [0.05, 0.1) is 19.3 Å². The van der Waals surface area contributed by atoms with Gasteiger partial charge in [-0.25, -0.2) is 0 Å². The highest BCUT2D eigenvalue weighted by molar-refractivity contribution is 5.76. The summed E-state index contributed by atoms with van der Waals surface area (Å²) in [6.07, 6.45) is 9.23. The third kappa shape index (κ3) is 4.60. The molecule has 0 aromatic carbocycles. The number of hydrogen-bond donors (Lipinski definition) is 1. The maximum absolute atomic E-state index is 12.2. The predicted octanol–water partition coefficient (Wildman–Crippen LogP) is 1.78. The number of aromatic nitrogens is 2. The van der Waals surface area contributed by atoms with E-state index in [9.17, 15) is 4.79 Å². The predicted molar refractivity (Wildman–Crippen MR) is 86.7 cm³/mol. The van der Waals surface area contributed by atoms with Gasteiger partial charge in [-0.1, -0.05) is 6.07 Å². The summed E-state index contributed by atoms with van der Waals surface area (Å²) in [5.74, 6) is 0.392. The molecule has 1 amide bonds. The number of rotatable bonds is 6. The van der Waals surface area contributed by atoms with Gasteiger partial charge in [0, 0.05) is 37.1 Å². The summed E-state index contributed by atoms with van der Waals surface area (Å²) < 4.78 is 5.57. The first-order valence-corrected chi connectivity index (χ1v) is 7.96. The molecule has 1 N–H and O–H groups in total. The van der Waals surface area contributed by atoms with E-state index in [1.54, 1.807) is 24.8 Å². The van der Waals surface area contributed by atoms with Crippen LogP contribution >= 0.6 is 0 Å². The fraction of sp³-hybridized carbons (Fsp3) is 0.389. The summed E-state index contributed by atoms with van der Waals surface area (Å²) in [6.45, 7) is 1.28. The number of carbonyl (C=O) groups excluding carboxylic acids is 1. The van der Waals surface area contributed by atoms with Crippen molar-refractivity contribution in [3.8, 4) is 0 Å². The van der Waals surface area contributed by atoms with E-state index in [2.05, 4.69) is 15.3 Å². The lowest BCUT2D eigenvalue weighted by Crippen LogP contribution is -2.40. The average molecular weight is 311 g/mol. The normalized spacial score (nSPS) is 20.3. The molecule has 1 saturated heterocycles. The van der Waals surface area contributed by atoms with Crippen LogP contribution in [-0.2, 0) is 22.4 Å². The molecule has 120 valence electrons. The lowest BCUT2D eigenvalue weighted by Gasteiger charge is -2.19. The molecular formula is C18H21N3O2. The summed E-state index contributed by atoms with van der Waals surface area (Å²) >= 11 is 0. The molecule has 1 aliphatic heterocycles. The fourth-order valence-electron chi connectivity index (χ4n) is 2.86. The van der Waals surface area contributed by atoms with Crippen LogP contribution in [-0.4, -0.2) is 35.1 Å². The zero-order valence-corrected chi connectivity index (χ0v) is 13.0.